The van der Waals surface area contributed by atoms with Crippen LogP contribution in [0.25, 0.3) is 0 Å². The minimum atomic E-state index is -0.585. The van der Waals surface area contributed by atoms with Crippen molar-refractivity contribution >= 4 is 11.8 Å². The molecule has 136 valence electrons. The predicted octanol–water partition coefficient (Wildman–Crippen LogP) is 2.71. The van der Waals surface area contributed by atoms with E-state index in [2.05, 4.69) is 5.32 Å². The molecule has 1 saturated heterocycles. The van der Waals surface area contributed by atoms with Crippen LogP contribution in [0.4, 0.5) is 0 Å². The van der Waals surface area contributed by atoms with Crippen LogP contribution in [0.3, 0.4) is 0 Å². The second kappa shape index (κ2) is 8.15. The van der Waals surface area contributed by atoms with Crippen LogP contribution in [0.15, 0.2) is 54.6 Å². The SMILES string of the molecule is Cc1ccc(C(=O)N[C@@H](C)C(=O)N2CCOC(c3ccccc3)C2)cc1. The van der Waals surface area contributed by atoms with Gasteiger partial charge in [0.1, 0.15) is 12.1 Å². The minimum Gasteiger partial charge on any atom is -0.370 e. The number of ether oxygens (including phenoxy) is 1. The van der Waals surface area contributed by atoms with Crippen molar-refractivity contribution in [2.24, 2.45) is 0 Å². The summed E-state index contributed by atoms with van der Waals surface area (Å²) in [5.41, 5.74) is 2.70. The highest BCUT2D eigenvalue weighted by Gasteiger charge is 2.28. The minimum absolute atomic E-state index is 0.0882. The molecule has 1 aliphatic rings. The predicted molar refractivity (Wildman–Crippen MR) is 99.8 cm³/mol. The second-order valence-corrected chi connectivity index (χ2v) is 6.62. The lowest BCUT2D eigenvalue weighted by Crippen LogP contribution is -2.51. The highest BCUT2D eigenvalue weighted by Crippen LogP contribution is 2.22. The van der Waals surface area contributed by atoms with Gasteiger partial charge in [0.15, 0.2) is 0 Å². The van der Waals surface area contributed by atoms with E-state index in [0.29, 0.717) is 25.3 Å². The summed E-state index contributed by atoms with van der Waals surface area (Å²) in [5, 5.41) is 2.80. The summed E-state index contributed by atoms with van der Waals surface area (Å²) >= 11 is 0. The summed E-state index contributed by atoms with van der Waals surface area (Å²) in [5.74, 6) is -0.326. The Morgan fingerprint density at radius 1 is 1.12 bits per heavy atom. The quantitative estimate of drug-likeness (QED) is 0.920. The van der Waals surface area contributed by atoms with Gasteiger partial charge in [-0.25, -0.2) is 0 Å². The molecule has 2 aromatic carbocycles. The molecule has 0 spiro atoms. The first-order valence-electron chi connectivity index (χ1n) is 8.87. The van der Waals surface area contributed by atoms with Gasteiger partial charge in [0.2, 0.25) is 5.91 Å². The molecule has 2 aromatic rings. The first-order valence-corrected chi connectivity index (χ1v) is 8.87. The number of carbonyl (C=O) groups excluding carboxylic acids is 2. The largest absolute Gasteiger partial charge is 0.370 e. The summed E-state index contributed by atoms with van der Waals surface area (Å²) in [4.78, 5) is 26.8. The lowest BCUT2D eigenvalue weighted by atomic mass is 10.1. The van der Waals surface area contributed by atoms with Crippen LogP contribution < -0.4 is 5.32 Å². The molecule has 5 nitrogen and oxygen atoms in total. The Kier molecular flexibility index (Phi) is 5.68. The normalized spacial score (nSPS) is 18.2. The fraction of sp³-hybridized carbons (Fsp3) is 0.333. The van der Waals surface area contributed by atoms with Crippen LogP contribution in [-0.2, 0) is 9.53 Å². The zero-order valence-corrected chi connectivity index (χ0v) is 15.1. The van der Waals surface area contributed by atoms with Crippen LogP contribution in [0.1, 0.15) is 34.5 Å². The topological polar surface area (TPSA) is 58.6 Å². The van der Waals surface area contributed by atoms with Gasteiger partial charge in [-0.15, -0.1) is 0 Å². The summed E-state index contributed by atoms with van der Waals surface area (Å²) in [6, 6.07) is 16.6. The highest BCUT2D eigenvalue weighted by atomic mass is 16.5. The Labute approximate surface area is 154 Å². The average molecular weight is 352 g/mol. The summed E-state index contributed by atoms with van der Waals surface area (Å²) in [6.07, 6.45) is -0.131. The zero-order valence-electron chi connectivity index (χ0n) is 15.1. The number of benzene rings is 2. The van der Waals surface area contributed by atoms with Gasteiger partial charge in [-0.05, 0) is 31.5 Å². The van der Waals surface area contributed by atoms with Crippen molar-refractivity contribution in [3.05, 3.63) is 71.3 Å². The Morgan fingerprint density at radius 2 is 1.81 bits per heavy atom. The number of nitrogens with zero attached hydrogens (tertiary/aromatic N) is 1. The van der Waals surface area contributed by atoms with E-state index in [4.69, 9.17) is 4.74 Å². The third kappa shape index (κ3) is 4.29. The Hall–Kier alpha value is -2.66. The maximum absolute atomic E-state index is 12.8. The Morgan fingerprint density at radius 3 is 2.50 bits per heavy atom. The fourth-order valence-electron chi connectivity index (χ4n) is 3.04. The van der Waals surface area contributed by atoms with Gasteiger partial charge in [-0.1, -0.05) is 48.0 Å². The summed E-state index contributed by atoms with van der Waals surface area (Å²) in [7, 11) is 0. The van der Waals surface area contributed by atoms with E-state index in [9.17, 15) is 9.59 Å². The van der Waals surface area contributed by atoms with Gasteiger partial charge in [0, 0.05) is 12.1 Å². The van der Waals surface area contributed by atoms with E-state index in [1.165, 1.54) is 0 Å². The maximum atomic E-state index is 12.8. The molecule has 1 unspecified atom stereocenters. The van der Waals surface area contributed by atoms with Gasteiger partial charge in [-0.2, -0.15) is 0 Å². The number of carbonyl (C=O) groups is 2. The third-order valence-corrected chi connectivity index (χ3v) is 4.58. The Bertz CT molecular complexity index is 759. The second-order valence-electron chi connectivity index (χ2n) is 6.62. The molecule has 1 heterocycles. The molecular formula is C21H24N2O3. The molecule has 2 atom stereocenters. The first kappa shape index (κ1) is 18.1. The molecular weight excluding hydrogens is 328 g/mol. The summed E-state index contributed by atoms with van der Waals surface area (Å²) < 4.78 is 5.80. The highest BCUT2D eigenvalue weighted by molar-refractivity contribution is 5.97. The van der Waals surface area contributed by atoms with E-state index in [0.717, 1.165) is 11.1 Å². The van der Waals surface area contributed by atoms with Crippen molar-refractivity contribution in [1.82, 2.24) is 10.2 Å². The van der Waals surface area contributed by atoms with Crippen molar-refractivity contribution in [1.29, 1.82) is 0 Å². The van der Waals surface area contributed by atoms with Crippen molar-refractivity contribution in [3.8, 4) is 0 Å². The van der Waals surface area contributed by atoms with Crippen LogP contribution in [0, 0.1) is 6.92 Å². The third-order valence-electron chi connectivity index (χ3n) is 4.58. The number of hydrogen-bond acceptors (Lipinski definition) is 3. The first-order chi connectivity index (χ1) is 12.5. The zero-order chi connectivity index (χ0) is 18.5. The van der Waals surface area contributed by atoms with Gasteiger partial charge in [-0.3, -0.25) is 9.59 Å². The molecule has 1 fully saturated rings. The van der Waals surface area contributed by atoms with Crippen LogP contribution in [-0.4, -0.2) is 42.5 Å². The van der Waals surface area contributed by atoms with Crippen LogP contribution >= 0.6 is 0 Å². The molecule has 0 aromatic heterocycles. The molecule has 5 heteroatoms. The number of hydrogen-bond donors (Lipinski definition) is 1. The van der Waals surface area contributed by atoms with E-state index in [1.54, 1.807) is 24.0 Å². The van der Waals surface area contributed by atoms with E-state index in [-0.39, 0.29) is 17.9 Å². The van der Waals surface area contributed by atoms with Gasteiger partial charge < -0.3 is 15.0 Å². The van der Waals surface area contributed by atoms with Crippen molar-refractivity contribution in [2.45, 2.75) is 26.0 Å². The molecule has 3 rings (SSSR count). The number of amides is 2. The molecule has 0 saturated carbocycles. The number of nitrogens with one attached hydrogen (secondary N) is 1. The van der Waals surface area contributed by atoms with Crippen molar-refractivity contribution in [3.63, 3.8) is 0 Å². The molecule has 0 bridgehead atoms. The lowest BCUT2D eigenvalue weighted by Gasteiger charge is -2.34. The molecule has 2 amide bonds. The van der Waals surface area contributed by atoms with E-state index >= 15 is 0 Å². The number of morpholine rings is 1. The average Bonchev–Trinajstić information content (AvgIpc) is 2.68. The van der Waals surface area contributed by atoms with E-state index in [1.807, 2.05) is 49.4 Å². The molecule has 26 heavy (non-hydrogen) atoms. The van der Waals surface area contributed by atoms with Gasteiger partial charge >= 0.3 is 0 Å². The molecule has 0 radical (unpaired) electrons. The number of rotatable bonds is 4. The molecule has 1 aliphatic heterocycles. The standard InChI is InChI=1S/C21H24N2O3/c1-15-8-10-18(11-9-15)20(24)22-16(2)21(25)23-12-13-26-19(14-23)17-6-4-3-5-7-17/h3-11,16,19H,12-14H2,1-2H3,(H,22,24)/t16-,19?/m0/s1. The van der Waals surface area contributed by atoms with Crippen LogP contribution in [0.5, 0.6) is 0 Å². The van der Waals surface area contributed by atoms with Crippen molar-refractivity contribution < 1.29 is 14.3 Å². The lowest BCUT2D eigenvalue weighted by molar-refractivity contribution is -0.140. The number of aryl methyl sites for hydroxylation is 1. The fourth-order valence-corrected chi connectivity index (χ4v) is 3.04. The van der Waals surface area contributed by atoms with Crippen LogP contribution in [0.2, 0.25) is 0 Å². The Balaban J connectivity index is 1.60. The molecule has 1 N–H and O–H groups in total. The van der Waals surface area contributed by atoms with Gasteiger partial charge in [0.05, 0.1) is 13.2 Å². The maximum Gasteiger partial charge on any atom is 0.251 e. The van der Waals surface area contributed by atoms with Gasteiger partial charge in [0.25, 0.3) is 5.91 Å². The summed E-state index contributed by atoms with van der Waals surface area (Å²) in [6.45, 7) is 5.21. The monoisotopic (exact) mass is 352 g/mol. The van der Waals surface area contributed by atoms with Crippen molar-refractivity contribution in [2.75, 3.05) is 19.7 Å². The van der Waals surface area contributed by atoms with E-state index < -0.39 is 6.04 Å². The smallest absolute Gasteiger partial charge is 0.251 e. The molecule has 0 aliphatic carbocycles.